The molecule has 1 N–H and O–H groups in total. The molecule has 8 heteroatoms. The number of nitriles is 1. The average molecular weight is 448 g/mol. The van der Waals surface area contributed by atoms with Crippen LogP contribution in [0.15, 0.2) is 30.5 Å². The van der Waals surface area contributed by atoms with Crippen molar-refractivity contribution < 1.29 is 14.3 Å². The lowest BCUT2D eigenvalue weighted by Crippen LogP contribution is -2.49. The smallest absolute Gasteiger partial charge is 0.255 e. The average Bonchev–Trinajstić information content (AvgIpc) is 3.18. The van der Waals surface area contributed by atoms with Crippen molar-refractivity contribution in [2.75, 3.05) is 51.3 Å². The van der Waals surface area contributed by atoms with Gasteiger partial charge in [-0.2, -0.15) is 5.26 Å². The number of hydrogen-bond donors (Lipinski definition) is 1. The van der Waals surface area contributed by atoms with Crippen LogP contribution in [0.1, 0.15) is 38.5 Å². The molecule has 0 spiro atoms. The lowest BCUT2D eigenvalue weighted by molar-refractivity contribution is -0.120. The molecule has 0 bridgehead atoms. The van der Waals surface area contributed by atoms with Gasteiger partial charge in [0.15, 0.2) is 0 Å². The summed E-state index contributed by atoms with van der Waals surface area (Å²) in [5.41, 5.74) is 3.67. The van der Waals surface area contributed by atoms with Crippen LogP contribution in [0.3, 0.4) is 0 Å². The first kappa shape index (κ1) is 22.7. The van der Waals surface area contributed by atoms with Gasteiger partial charge in [-0.1, -0.05) is 12.1 Å². The quantitative estimate of drug-likeness (QED) is 0.753. The lowest BCUT2D eigenvalue weighted by Gasteiger charge is -2.36. The van der Waals surface area contributed by atoms with Crippen molar-refractivity contribution in [1.29, 1.82) is 5.26 Å². The number of rotatable bonds is 5. The van der Waals surface area contributed by atoms with Gasteiger partial charge in [-0.3, -0.25) is 9.59 Å². The Morgan fingerprint density at radius 1 is 1.24 bits per heavy atom. The number of amides is 2. The zero-order valence-electron chi connectivity index (χ0n) is 19.3. The molecule has 2 aromatic rings. The summed E-state index contributed by atoms with van der Waals surface area (Å²) in [5.74, 6) is 0.347. The molecule has 2 atom stereocenters. The minimum absolute atomic E-state index is 0.00233. The molecular weight excluding hydrogens is 418 g/mol. The molecule has 2 aliphatic heterocycles. The van der Waals surface area contributed by atoms with Crippen LogP contribution in [0.2, 0.25) is 0 Å². The number of pyridine rings is 1. The van der Waals surface area contributed by atoms with Crippen LogP contribution in [-0.2, 0) is 9.53 Å². The Bertz CT molecular complexity index is 1100. The molecule has 8 nitrogen and oxygen atoms in total. The second-order valence-corrected chi connectivity index (χ2v) is 8.79. The Kier molecular flexibility index (Phi) is 6.61. The standard InChI is InChI=1S/C25H29N5O3/c1-16-10-17(2)23(27-13-16)29-6-8-30(9-7-29)25(32)21-5-4-18(11-19(21)12-26)22-20(15-33-3)14-28-24(22)31/h4-5,10-11,13,20,22H,6-9,14-15H2,1-3H3,(H,28,31)/t20?,22-/m0/s1. The summed E-state index contributed by atoms with van der Waals surface area (Å²) in [7, 11) is 1.61. The monoisotopic (exact) mass is 447 g/mol. The summed E-state index contributed by atoms with van der Waals surface area (Å²) in [6.07, 6.45) is 1.86. The minimum Gasteiger partial charge on any atom is -0.384 e. The number of hydrogen-bond acceptors (Lipinski definition) is 6. The molecule has 1 unspecified atom stereocenters. The summed E-state index contributed by atoms with van der Waals surface area (Å²) in [5, 5.41) is 12.6. The number of carbonyl (C=O) groups excluding carboxylic acids is 2. The van der Waals surface area contributed by atoms with E-state index in [2.05, 4.69) is 34.3 Å². The summed E-state index contributed by atoms with van der Waals surface area (Å²) < 4.78 is 5.25. The summed E-state index contributed by atoms with van der Waals surface area (Å²) in [4.78, 5) is 34.2. The second kappa shape index (κ2) is 9.59. The first-order valence-electron chi connectivity index (χ1n) is 11.2. The number of benzene rings is 1. The predicted molar refractivity (Wildman–Crippen MR) is 124 cm³/mol. The Labute approximate surface area is 194 Å². The van der Waals surface area contributed by atoms with Crippen LogP contribution in [0, 0.1) is 31.1 Å². The van der Waals surface area contributed by atoms with Crippen LogP contribution in [0.25, 0.3) is 0 Å². The molecule has 4 rings (SSSR count). The van der Waals surface area contributed by atoms with E-state index in [1.54, 1.807) is 30.2 Å². The minimum atomic E-state index is -0.380. The summed E-state index contributed by atoms with van der Waals surface area (Å²) in [6, 6.07) is 9.43. The number of methoxy groups -OCH3 is 1. The van der Waals surface area contributed by atoms with Gasteiger partial charge in [0.25, 0.3) is 5.91 Å². The molecule has 2 fully saturated rings. The zero-order chi connectivity index (χ0) is 23.5. The van der Waals surface area contributed by atoms with Gasteiger partial charge >= 0.3 is 0 Å². The van der Waals surface area contributed by atoms with E-state index in [0.717, 1.165) is 22.5 Å². The molecule has 1 aromatic carbocycles. The Morgan fingerprint density at radius 3 is 2.67 bits per heavy atom. The van der Waals surface area contributed by atoms with Crippen molar-refractivity contribution in [3.8, 4) is 6.07 Å². The third-order valence-corrected chi connectivity index (χ3v) is 6.48. The fraction of sp³-hybridized carbons (Fsp3) is 0.440. The van der Waals surface area contributed by atoms with E-state index >= 15 is 0 Å². The largest absolute Gasteiger partial charge is 0.384 e. The maximum absolute atomic E-state index is 13.2. The maximum atomic E-state index is 13.2. The van der Waals surface area contributed by atoms with Crippen molar-refractivity contribution in [2.45, 2.75) is 19.8 Å². The zero-order valence-corrected chi connectivity index (χ0v) is 19.3. The number of anilines is 1. The predicted octanol–water partition coefficient (Wildman–Crippen LogP) is 2.01. The van der Waals surface area contributed by atoms with Crippen LogP contribution >= 0.6 is 0 Å². The van der Waals surface area contributed by atoms with Gasteiger partial charge in [0.05, 0.1) is 29.7 Å². The Balaban J connectivity index is 1.49. The second-order valence-electron chi connectivity index (χ2n) is 8.79. The molecule has 0 aliphatic carbocycles. The molecule has 0 radical (unpaired) electrons. The molecule has 3 heterocycles. The summed E-state index contributed by atoms with van der Waals surface area (Å²) >= 11 is 0. The Morgan fingerprint density at radius 2 is 2.00 bits per heavy atom. The normalized spacial score (nSPS) is 20.5. The summed E-state index contributed by atoms with van der Waals surface area (Å²) in [6.45, 7) is 7.55. The highest BCUT2D eigenvalue weighted by Crippen LogP contribution is 2.31. The number of aryl methyl sites for hydroxylation is 2. The Hall–Kier alpha value is -3.44. The lowest BCUT2D eigenvalue weighted by atomic mass is 9.87. The topological polar surface area (TPSA) is 98.6 Å². The number of carbonyl (C=O) groups is 2. The third-order valence-electron chi connectivity index (χ3n) is 6.48. The molecule has 2 aliphatic rings. The molecule has 172 valence electrons. The van der Waals surface area contributed by atoms with Crippen molar-refractivity contribution in [3.63, 3.8) is 0 Å². The van der Waals surface area contributed by atoms with Gasteiger partial charge in [0.1, 0.15) is 5.82 Å². The van der Waals surface area contributed by atoms with Crippen LogP contribution in [0.5, 0.6) is 0 Å². The highest BCUT2D eigenvalue weighted by Gasteiger charge is 2.36. The van der Waals surface area contributed by atoms with Gasteiger partial charge in [-0.15, -0.1) is 0 Å². The molecule has 33 heavy (non-hydrogen) atoms. The van der Waals surface area contributed by atoms with E-state index in [1.165, 1.54) is 0 Å². The fourth-order valence-electron chi connectivity index (χ4n) is 4.83. The van der Waals surface area contributed by atoms with Gasteiger partial charge in [-0.25, -0.2) is 4.98 Å². The van der Waals surface area contributed by atoms with E-state index in [9.17, 15) is 14.9 Å². The SMILES string of the molecule is COCC1CNC(=O)[C@H]1c1ccc(C(=O)N2CCN(c3ncc(C)cc3C)CC2)c(C#N)c1. The van der Waals surface area contributed by atoms with Crippen molar-refractivity contribution in [3.05, 3.63) is 58.3 Å². The van der Waals surface area contributed by atoms with Crippen molar-refractivity contribution in [1.82, 2.24) is 15.2 Å². The van der Waals surface area contributed by atoms with Gasteiger partial charge in [0.2, 0.25) is 5.91 Å². The first-order chi connectivity index (χ1) is 15.9. The molecule has 2 amide bonds. The number of piperazine rings is 1. The number of nitrogens with one attached hydrogen (secondary N) is 1. The van der Waals surface area contributed by atoms with E-state index < -0.39 is 0 Å². The first-order valence-corrected chi connectivity index (χ1v) is 11.2. The molecular formula is C25H29N5O3. The van der Waals surface area contributed by atoms with Crippen LogP contribution < -0.4 is 10.2 Å². The third kappa shape index (κ3) is 4.55. The highest BCUT2D eigenvalue weighted by atomic mass is 16.5. The molecule has 1 aromatic heterocycles. The highest BCUT2D eigenvalue weighted by molar-refractivity contribution is 5.97. The number of ether oxygens (including phenoxy) is 1. The van der Waals surface area contributed by atoms with E-state index in [-0.39, 0.29) is 23.7 Å². The van der Waals surface area contributed by atoms with E-state index in [1.807, 2.05) is 13.1 Å². The molecule has 2 saturated heterocycles. The van der Waals surface area contributed by atoms with Gasteiger partial charge in [0, 0.05) is 51.9 Å². The van der Waals surface area contributed by atoms with E-state index in [0.29, 0.717) is 50.5 Å². The van der Waals surface area contributed by atoms with Crippen LogP contribution in [0.4, 0.5) is 5.82 Å². The van der Waals surface area contributed by atoms with Crippen LogP contribution in [-0.4, -0.2) is 68.1 Å². The van der Waals surface area contributed by atoms with Gasteiger partial charge in [-0.05, 0) is 42.7 Å². The van der Waals surface area contributed by atoms with Gasteiger partial charge < -0.3 is 19.9 Å². The van der Waals surface area contributed by atoms with Crippen molar-refractivity contribution >= 4 is 17.6 Å². The molecule has 0 saturated carbocycles. The van der Waals surface area contributed by atoms with E-state index in [4.69, 9.17) is 4.74 Å². The van der Waals surface area contributed by atoms with Crippen molar-refractivity contribution in [2.24, 2.45) is 5.92 Å². The maximum Gasteiger partial charge on any atom is 0.255 e. The number of nitrogens with zero attached hydrogens (tertiary/aromatic N) is 4. The number of aromatic nitrogens is 1. The fourth-order valence-corrected chi connectivity index (χ4v) is 4.83.